The Morgan fingerprint density at radius 3 is 2.58 bits per heavy atom. The van der Waals surface area contributed by atoms with Crippen LogP contribution < -0.4 is 15.4 Å². The molecule has 0 radical (unpaired) electrons. The summed E-state index contributed by atoms with van der Waals surface area (Å²) in [7, 11) is -3.97. The maximum Gasteiger partial charge on any atom is 0.265 e. The summed E-state index contributed by atoms with van der Waals surface area (Å²) in [5.41, 5.74) is 3.78. The highest BCUT2D eigenvalue weighted by molar-refractivity contribution is 7.90. The number of carbonyl (C=O) groups is 1. The molecule has 0 bridgehead atoms. The van der Waals surface area contributed by atoms with Gasteiger partial charge in [-0.2, -0.15) is 0 Å². The molecule has 186 valence electrons. The van der Waals surface area contributed by atoms with Crippen LogP contribution in [0.2, 0.25) is 0 Å². The molecule has 9 heteroatoms. The fraction of sp³-hybridized carbons (Fsp3) is 0.185. The molecule has 4 rings (SSSR count). The lowest BCUT2D eigenvalue weighted by molar-refractivity contribution is 0.0981. The normalized spacial score (nSPS) is 11.3. The van der Waals surface area contributed by atoms with Crippen LogP contribution in [0.15, 0.2) is 83.9 Å². The number of hydrogen-bond donors (Lipinski definition) is 3. The zero-order valence-corrected chi connectivity index (χ0v) is 21.7. The quantitative estimate of drug-likeness (QED) is 0.289. The van der Waals surface area contributed by atoms with Crippen LogP contribution in [-0.2, 0) is 16.6 Å². The maximum atomic E-state index is 12.8. The Morgan fingerprint density at radius 2 is 1.81 bits per heavy atom. The van der Waals surface area contributed by atoms with E-state index < -0.39 is 15.9 Å². The SMILES string of the molecule is CCCNC(=S)Nc1cccc(Cn2ccc3cc(C(=O)NS(=O)(=O)c4ccccc4C)ccc32)c1. The predicted octanol–water partition coefficient (Wildman–Crippen LogP) is 4.81. The molecule has 4 aromatic rings. The number of thiocarbonyl (C=S) groups is 1. The average molecular weight is 521 g/mol. The summed E-state index contributed by atoms with van der Waals surface area (Å²) in [6.45, 7) is 5.22. The van der Waals surface area contributed by atoms with Crippen LogP contribution in [0.25, 0.3) is 10.9 Å². The number of aromatic nitrogens is 1. The Hall–Kier alpha value is -3.69. The zero-order valence-electron chi connectivity index (χ0n) is 20.1. The van der Waals surface area contributed by atoms with Gasteiger partial charge in [0.15, 0.2) is 5.11 Å². The second kappa shape index (κ2) is 10.9. The first-order valence-corrected chi connectivity index (χ1v) is 13.5. The van der Waals surface area contributed by atoms with Crippen LogP contribution >= 0.6 is 12.2 Å². The van der Waals surface area contributed by atoms with Gasteiger partial charge in [-0.3, -0.25) is 4.79 Å². The number of nitrogens with one attached hydrogen (secondary N) is 3. The highest BCUT2D eigenvalue weighted by Gasteiger charge is 2.20. The fourth-order valence-corrected chi connectivity index (χ4v) is 5.37. The molecule has 3 N–H and O–H groups in total. The van der Waals surface area contributed by atoms with Gasteiger partial charge in [0.25, 0.3) is 15.9 Å². The lowest BCUT2D eigenvalue weighted by atomic mass is 10.1. The molecule has 1 aromatic heterocycles. The van der Waals surface area contributed by atoms with E-state index in [0.717, 1.165) is 35.1 Å². The molecule has 1 amide bonds. The molecule has 0 saturated heterocycles. The Balaban J connectivity index is 1.49. The molecule has 3 aromatic carbocycles. The fourth-order valence-electron chi connectivity index (χ4n) is 3.93. The summed E-state index contributed by atoms with van der Waals surface area (Å²) in [4.78, 5) is 12.8. The van der Waals surface area contributed by atoms with E-state index in [9.17, 15) is 13.2 Å². The lowest BCUT2D eigenvalue weighted by Gasteiger charge is -2.12. The van der Waals surface area contributed by atoms with Gasteiger partial charge in [-0.25, -0.2) is 13.1 Å². The summed E-state index contributed by atoms with van der Waals surface area (Å²) in [6, 6.07) is 21.7. The topological polar surface area (TPSA) is 92.2 Å². The molecule has 1 heterocycles. The largest absolute Gasteiger partial charge is 0.362 e. The maximum absolute atomic E-state index is 12.8. The third kappa shape index (κ3) is 5.92. The van der Waals surface area contributed by atoms with Gasteiger partial charge in [0.1, 0.15) is 0 Å². The second-order valence-electron chi connectivity index (χ2n) is 8.50. The minimum Gasteiger partial charge on any atom is -0.362 e. The number of nitrogens with zero attached hydrogens (tertiary/aromatic N) is 1. The van der Waals surface area contributed by atoms with Crippen molar-refractivity contribution in [3.05, 3.63) is 95.7 Å². The second-order valence-corrected chi connectivity index (χ2v) is 10.6. The Labute approximate surface area is 216 Å². The number of amides is 1. The summed E-state index contributed by atoms with van der Waals surface area (Å²) in [5.74, 6) is -0.667. The number of aryl methyl sites for hydroxylation is 1. The standard InChI is InChI=1S/C27H28N4O3S2/c1-3-14-28-27(35)29-23-9-6-8-20(16-23)18-31-15-13-21-17-22(11-12-24(21)31)26(32)30-36(33,34)25-10-5-4-7-19(25)2/h4-13,15-17H,3,14,18H2,1-2H3,(H,30,32)(H2,28,29,35). The third-order valence-electron chi connectivity index (χ3n) is 5.72. The van der Waals surface area contributed by atoms with Crippen molar-refractivity contribution in [3.63, 3.8) is 0 Å². The monoisotopic (exact) mass is 520 g/mol. The Kier molecular flexibility index (Phi) is 7.71. The van der Waals surface area contributed by atoms with Gasteiger partial charge in [0.2, 0.25) is 0 Å². The van der Waals surface area contributed by atoms with Crippen molar-refractivity contribution in [2.45, 2.75) is 31.7 Å². The molecule has 0 unspecified atom stereocenters. The first-order valence-electron chi connectivity index (χ1n) is 11.6. The van der Waals surface area contributed by atoms with Gasteiger partial charge in [0.05, 0.1) is 4.90 Å². The molecule has 36 heavy (non-hydrogen) atoms. The number of rotatable bonds is 8. The molecule has 0 atom stereocenters. The van der Waals surface area contributed by atoms with Gasteiger partial charge in [-0.05, 0) is 79.2 Å². The average Bonchev–Trinajstić information content (AvgIpc) is 3.24. The van der Waals surface area contributed by atoms with Crippen LogP contribution in [0.4, 0.5) is 5.69 Å². The summed E-state index contributed by atoms with van der Waals surface area (Å²) in [6.07, 6.45) is 2.94. The first kappa shape index (κ1) is 25.4. The number of fused-ring (bicyclic) bond motifs is 1. The van der Waals surface area contributed by atoms with E-state index in [4.69, 9.17) is 12.2 Å². The van der Waals surface area contributed by atoms with Crippen LogP contribution in [0.1, 0.15) is 34.8 Å². The Morgan fingerprint density at radius 1 is 1.00 bits per heavy atom. The van der Waals surface area contributed by atoms with E-state index in [1.165, 1.54) is 6.07 Å². The molecule has 7 nitrogen and oxygen atoms in total. The van der Waals surface area contributed by atoms with E-state index in [0.29, 0.717) is 17.2 Å². The molecular formula is C27H28N4O3S2. The van der Waals surface area contributed by atoms with Crippen molar-refractivity contribution in [2.24, 2.45) is 0 Å². The van der Waals surface area contributed by atoms with Gasteiger partial charge in [-0.1, -0.05) is 37.3 Å². The molecule has 0 spiro atoms. The number of carbonyl (C=O) groups excluding carboxylic acids is 1. The van der Waals surface area contributed by atoms with Crippen molar-refractivity contribution in [2.75, 3.05) is 11.9 Å². The van der Waals surface area contributed by atoms with E-state index in [1.807, 2.05) is 42.6 Å². The van der Waals surface area contributed by atoms with Crippen molar-refractivity contribution in [1.82, 2.24) is 14.6 Å². The lowest BCUT2D eigenvalue weighted by Crippen LogP contribution is -2.31. The number of hydrogen-bond acceptors (Lipinski definition) is 4. The molecule has 0 saturated carbocycles. The zero-order chi connectivity index (χ0) is 25.7. The molecule has 0 aliphatic rings. The minimum atomic E-state index is -3.97. The molecular weight excluding hydrogens is 492 g/mol. The van der Waals surface area contributed by atoms with E-state index >= 15 is 0 Å². The van der Waals surface area contributed by atoms with Crippen molar-refractivity contribution >= 4 is 49.9 Å². The Bertz CT molecular complexity index is 1530. The van der Waals surface area contributed by atoms with Gasteiger partial charge in [-0.15, -0.1) is 0 Å². The number of anilines is 1. The minimum absolute atomic E-state index is 0.0872. The van der Waals surface area contributed by atoms with Gasteiger partial charge < -0.3 is 15.2 Å². The van der Waals surface area contributed by atoms with Crippen LogP contribution in [-0.4, -0.2) is 30.5 Å². The predicted molar refractivity (Wildman–Crippen MR) is 148 cm³/mol. The summed E-state index contributed by atoms with van der Waals surface area (Å²) in [5, 5.41) is 7.80. The van der Waals surface area contributed by atoms with Crippen molar-refractivity contribution in [1.29, 1.82) is 0 Å². The molecule has 0 aliphatic carbocycles. The first-order chi connectivity index (χ1) is 17.3. The van der Waals surface area contributed by atoms with Crippen LogP contribution in [0, 0.1) is 6.92 Å². The molecule has 0 fully saturated rings. The third-order valence-corrected chi connectivity index (χ3v) is 7.45. The van der Waals surface area contributed by atoms with E-state index in [2.05, 4.69) is 26.8 Å². The number of benzene rings is 3. The van der Waals surface area contributed by atoms with Crippen molar-refractivity contribution in [3.8, 4) is 0 Å². The van der Waals surface area contributed by atoms with Crippen LogP contribution in [0.3, 0.4) is 0 Å². The van der Waals surface area contributed by atoms with E-state index in [-0.39, 0.29) is 10.5 Å². The van der Waals surface area contributed by atoms with Crippen LogP contribution in [0.5, 0.6) is 0 Å². The highest BCUT2D eigenvalue weighted by atomic mass is 32.2. The number of sulfonamides is 1. The van der Waals surface area contributed by atoms with Gasteiger partial charge in [0, 0.05) is 41.4 Å². The van der Waals surface area contributed by atoms with E-state index in [1.54, 1.807) is 37.3 Å². The highest BCUT2D eigenvalue weighted by Crippen LogP contribution is 2.21. The smallest absolute Gasteiger partial charge is 0.265 e. The van der Waals surface area contributed by atoms with Gasteiger partial charge >= 0.3 is 0 Å². The summed E-state index contributed by atoms with van der Waals surface area (Å²) < 4.78 is 29.7. The summed E-state index contributed by atoms with van der Waals surface area (Å²) >= 11 is 5.33. The molecule has 0 aliphatic heterocycles. The van der Waals surface area contributed by atoms with Crippen molar-refractivity contribution < 1.29 is 13.2 Å².